The van der Waals surface area contributed by atoms with Crippen LogP contribution >= 0.6 is 34.5 Å². The molecule has 1 aromatic carbocycles. The molecule has 2 aromatic rings. The van der Waals surface area contributed by atoms with Gasteiger partial charge in [0.25, 0.3) is 5.91 Å². The molecule has 1 heterocycles. The van der Waals surface area contributed by atoms with Crippen LogP contribution in [0.5, 0.6) is 0 Å². The molecule has 38 heavy (non-hydrogen) atoms. The highest BCUT2D eigenvalue weighted by molar-refractivity contribution is 7.13. The van der Waals surface area contributed by atoms with Gasteiger partial charge in [-0.3, -0.25) is 14.4 Å². The average Bonchev–Trinajstić information content (AvgIpc) is 3.26. The van der Waals surface area contributed by atoms with Crippen LogP contribution in [0.2, 0.25) is 10.0 Å². The standard InChI is InChI=1S/C27H39Cl2N5O3S/c1-6-33(7-2)12-8-9-19(5)30-24(35)14-21-17-38-27(31-21)32-25(36)16-34(15-18(3)4)26(37)22-11-10-20(28)13-23(22)29/h10-11,13,17-19H,6-9,12,14-16H2,1-5H3,(H,30,35)(H,31,32,36). The number of thiazole rings is 1. The molecule has 210 valence electrons. The van der Waals surface area contributed by atoms with Crippen LogP contribution in [0.3, 0.4) is 0 Å². The van der Waals surface area contributed by atoms with E-state index in [1.807, 2.05) is 20.8 Å². The zero-order valence-corrected chi connectivity index (χ0v) is 25.2. The summed E-state index contributed by atoms with van der Waals surface area (Å²) in [7, 11) is 0. The molecule has 0 aliphatic carbocycles. The van der Waals surface area contributed by atoms with E-state index >= 15 is 0 Å². The highest BCUT2D eigenvalue weighted by atomic mass is 35.5. The summed E-state index contributed by atoms with van der Waals surface area (Å²) in [4.78, 5) is 46.5. The molecule has 1 aromatic heterocycles. The first-order valence-electron chi connectivity index (χ1n) is 13.0. The quantitative estimate of drug-likeness (QED) is 0.294. The molecule has 0 spiro atoms. The molecule has 2 N–H and O–H groups in total. The van der Waals surface area contributed by atoms with Crippen LogP contribution in [0.4, 0.5) is 5.13 Å². The second-order valence-electron chi connectivity index (χ2n) is 9.71. The lowest BCUT2D eigenvalue weighted by Gasteiger charge is -2.24. The second kappa shape index (κ2) is 16.0. The molecule has 1 unspecified atom stereocenters. The van der Waals surface area contributed by atoms with Gasteiger partial charge < -0.3 is 20.4 Å². The van der Waals surface area contributed by atoms with E-state index in [1.54, 1.807) is 17.5 Å². The van der Waals surface area contributed by atoms with Gasteiger partial charge in [-0.05, 0) is 63.5 Å². The van der Waals surface area contributed by atoms with Crippen molar-refractivity contribution in [2.75, 3.05) is 38.0 Å². The predicted octanol–water partition coefficient (Wildman–Crippen LogP) is 5.36. The molecule has 0 saturated carbocycles. The van der Waals surface area contributed by atoms with E-state index in [0.717, 1.165) is 32.5 Å². The third-order valence-corrected chi connectivity index (χ3v) is 7.28. The summed E-state index contributed by atoms with van der Waals surface area (Å²) in [5.74, 6) is -0.686. The number of anilines is 1. The summed E-state index contributed by atoms with van der Waals surface area (Å²) < 4.78 is 0. The van der Waals surface area contributed by atoms with Crippen LogP contribution in [-0.4, -0.2) is 71.3 Å². The SMILES string of the molecule is CCN(CC)CCCC(C)NC(=O)Cc1csc(NC(=O)CN(CC(C)C)C(=O)c2ccc(Cl)cc2Cl)n1. The average molecular weight is 585 g/mol. The van der Waals surface area contributed by atoms with E-state index in [2.05, 4.69) is 34.4 Å². The van der Waals surface area contributed by atoms with Gasteiger partial charge in [0.2, 0.25) is 11.8 Å². The van der Waals surface area contributed by atoms with Gasteiger partial charge in [-0.15, -0.1) is 11.3 Å². The summed E-state index contributed by atoms with van der Waals surface area (Å²) in [6, 6.07) is 4.73. The van der Waals surface area contributed by atoms with E-state index < -0.39 is 0 Å². The fraction of sp³-hybridized carbons (Fsp3) is 0.556. The molecule has 2 rings (SSSR count). The lowest BCUT2D eigenvalue weighted by molar-refractivity contribution is -0.121. The molecule has 1 atom stereocenters. The van der Waals surface area contributed by atoms with E-state index in [-0.39, 0.29) is 53.2 Å². The molecule has 3 amide bonds. The van der Waals surface area contributed by atoms with Crippen LogP contribution < -0.4 is 10.6 Å². The Labute approximate surface area is 240 Å². The van der Waals surface area contributed by atoms with Gasteiger partial charge in [-0.1, -0.05) is 50.9 Å². The van der Waals surface area contributed by atoms with Gasteiger partial charge in [0.15, 0.2) is 5.13 Å². The van der Waals surface area contributed by atoms with Gasteiger partial charge in [0.05, 0.1) is 22.7 Å². The number of carbonyl (C=O) groups excluding carboxylic acids is 3. The van der Waals surface area contributed by atoms with Crippen LogP contribution in [0, 0.1) is 5.92 Å². The maximum atomic E-state index is 13.1. The van der Waals surface area contributed by atoms with E-state index in [0.29, 0.717) is 22.4 Å². The smallest absolute Gasteiger partial charge is 0.255 e. The minimum Gasteiger partial charge on any atom is -0.353 e. The first-order chi connectivity index (χ1) is 18.0. The zero-order chi connectivity index (χ0) is 28.2. The zero-order valence-electron chi connectivity index (χ0n) is 22.9. The molecule has 0 saturated heterocycles. The molecular formula is C27H39Cl2N5O3S. The molecule has 0 aliphatic rings. The number of halogens is 2. The number of aromatic nitrogens is 1. The number of nitrogens with zero attached hydrogens (tertiary/aromatic N) is 3. The number of rotatable bonds is 15. The Balaban J connectivity index is 1.89. The lowest BCUT2D eigenvalue weighted by atomic mass is 10.1. The van der Waals surface area contributed by atoms with Gasteiger partial charge >= 0.3 is 0 Å². The number of amides is 3. The number of benzene rings is 1. The molecule has 0 aliphatic heterocycles. The molecule has 8 nitrogen and oxygen atoms in total. The Bertz CT molecular complexity index is 1070. The van der Waals surface area contributed by atoms with Crippen molar-refractivity contribution < 1.29 is 14.4 Å². The summed E-state index contributed by atoms with van der Waals surface area (Å²) in [6.07, 6.45) is 2.07. The van der Waals surface area contributed by atoms with E-state index in [4.69, 9.17) is 23.2 Å². The largest absolute Gasteiger partial charge is 0.353 e. The van der Waals surface area contributed by atoms with Gasteiger partial charge in [-0.2, -0.15) is 0 Å². The minimum atomic E-state index is -0.378. The normalized spacial score (nSPS) is 12.0. The first-order valence-corrected chi connectivity index (χ1v) is 14.7. The van der Waals surface area contributed by atoms with Gasteiger partial charge in [0, 0.05) is 23.0 Å². The summed E-state index contributed by atoms with van der Waals surface area (Å²) in [5, 5.41) is 8.57. The third kappa shape index (κ3) is 10.9. The monoisotopic (exact) mass is 583 g/mol. The van der Waals surface area contributed by atoms with Crippen molar-refractivity contribution in [3.05, 3.63) is 44.9 Å². The third-order valence-electron chi connectivity index (χ3n) is 5.92. The highest BCUT2D eigenvalue weighted by Crippen LogP contribution is 2.23. The maximum absolute atomic E-state index is 13.1. The topological polar surface area (TPSA) is 94.6 Å². The Kier molecular flexibility index (Phi) is 13.5. The number of hydrogen-bond donors (Lipinski definition) is 2. The molecule has 0 fully saturated rings. The van der Waals surface area contributed by atoms with Gasteiger partial charge in [-0.25, -0.2) is 4.98 Å². The fourth-order valence-electron chi connectivity index (χ4n) is 3.99. The number of nitrogens with one attached hydrogen (secondary N) is 2. The van der Waals surface area contributed by atoms with Crippen LogP contribution in [0.25, 0.3) is 0 Å². The fourth-order valence-corrected chi connectivity index (χ4v) is 5.21. The van der Waals surface area contributed by atoms with Crippen molar-refractivity contribution in [3.8, 4) is 0 Å². The van der Waals surface area contributed by atoms with Crippen LogP contribution in [0.15, 0.2) is 23.6 Å². The minimum absolute atomic E-state index is 0.0782. The number of hydrogen-bond acceptors (Lipinski definition) is 6. The van der Waals surface area contributed by atoms with Crippen molar-refractivity contribution in [2.45, 2.75) is 59.9 Å². The highest BCUT2D eigenvalue weighted by Gasteiger charge is 2.23. The number of carbonyl (C=O) groups is 3. The maximum Gasteiger partial charge on any atom is 0.255 e. The Morgan fingerprint density at radius 2 is 1.79 bits per heavy atom. The van der Waals surface area contributed by atoms with Gasteiger partial charge in [0.1, 0.15) is 6.54 Å². The van der Waals surface area contributed by atoms with E-state index in [1.165, 1.54) is 22.3 Å². The summed E-state index contributed by atoms with van der Waals surface area (Å²) >= 11 is 13.4. The van der Waals surface area contributed by atoms with Crippen molar-refractivity contribution in [1.82, 2.24) is 20.1 Å². The van der Waals surface area contributed by atoms with Crippen molar-refractivity contribution in [3.63, 3.8) is 0 Å². The first kappa shape index (κ1) is 32.0. The lowest BCUT2D eigenvalue weighted by Crippen LogP contribution is -2.40. The molecule has 0 radical (unpaired) electrons. The summed E-state index contributed by atoms with van der Waals surface area (Å²) in [5.41, 5.74) is 0.871. The second-order valence-corrected chi connectivity index (χ2v) is 11.4. The Hall–Kier alpha value is -2.20. The van der Waals surface area contributed by atoms with Crippen LogP contribution in [-0.2, 0) is 16.0 Å². The summed E-state index contributed by atoms with van der Waals surface area (Å²) in [6.45, 7) is 13.5. The Morgan fingerprint density at radius 3 is 2.42 bits per heavy atom. The van der Waals surface area contributed by atoms with E-state index in [9.17, 15) is 14.4 Å². The molecule has 0 bridgehead atoms. The Morgan fingerprint density at radius 1 is 1.08 bits per heavy atom. The van der Waals surface area contributed by atoms with Crippen molar-refractivity contribution in [2.24, 2.45) is 5.92 Å². The molecular weight excluding hydrogens is 545 g/mol. The van der Waals surface area contributed by atoms with Crippen molar-refractivity contribution >= 4 is 57.4 Å². The predicted molar refractivity (Wildman–Crippen MR) is 156 cm³/mol. The molecule has 11 heteroatoms. The van der Waals surface area contributed by atoms with Crippen molar-refractivity contribution in [1.29, 1.82) is 0 Å². The van der Waals surface area contributed by atoms with Crippen LogP contribution in [0.1, 0.15) is 63.5 Å².